The first-order valence-corrected chi connectivity index (χ1v) is 5.52. The monoisotopic (exact) mass is 210 g/mol. The number of hydrogen-bond donors (Lipinski definition) is 1. The minimum atomic E-state index is 0.320. The molecule has 0 radical (unpaired) electrons. The van der Waals surface area contributed by atoms with Crippen molar-refractivity contribution in [1.82, 2.24) is 25.1 Å². The molecule has 0 aliphatic carbocycles. The van der Waals surface area contributed by atoms with Crippen LogP contribution in [0.3, 0.4) is 0 Å². The van der Waals surface area contributed by atoms with Gasteiger partial charge >= 0.3 is 0 Å². The van der Waals surface area contributed by atoms with Gasteiger partial charge in [-0.05, 0) is 23.3 Å². The number of aromatic nitrogens is 4. The van der Waals surface area contributed by atoms with Crippen molar-refractivity contribution >= 4 is 0 Å². The number of nitrogens with two attached hydrogens (primary N) is 1. The minimum Gasteiger partial charge on any atom is -0.326 e. The Balaban J connectivity index is 1.95. The van der Waals surface area contributed by atoms with E-state index in [2.05, 4.69) is 27.3 Å². The molecule has 1 saturated heterocycles. The molecule has 1 aliphatic rings. The maximum Gasteiger partial charge on any atom is 0.165 e. The molecular weight excluding hydrogens is 192 g/mol. The zero-order valence-electron chi connectivity index (χ0n) is 9.13. The molecule has 1 aliphatic heterocycles. The summed E-state index contributed by atoms with van der Waals surface area (Å²) in [6, 6.07) is 0.320. The summed E-state index contributed by atoms with van der Waals surface area (Å²) in [5.41, 5.74) is 5.85. The van der Waals surface area contributed by atoms with Gasteiger partial charge < -0.3 is 5.73 Å². The van der Waals surface area contributed by atoms with E-state index in [4.69, 9.17) is 5.73 Å². The highest BCUT2D eigenvalue weighted by Crippen LogP contribution is 2.10. The third kappa shape index (κ3) is 2.51. The molecule has 1 aromatic heterocycles. The maximum absolute atomic E-state index is 5.85. The van der Waals surface area contributed by atoms with Crippen LogP contribution < -0.4 is 5.73 Å². The zero-order valence-corrected chi connectivity index (χ0v) is 9.13. The Morgan fingerprint density at radius 2 is 2.40 bits per heavy atom. The summed E-state index contributed by atoms with van der Waals surface area (Å²) in [7, 11) is 0. The molecule has 2 heterocycles. The lowest BCUT2D eigenvalue weighted by atomic mass is 10.3. The lowest BCUT2D eigenvalue weighted by Crippen LogP contribution is -2.27. The lowest BCUT2D eigenvalue weighted by molar-refractivity contribution is 0.309. The Kier molecular flexibility index (Phi) is 3.27. The van der Waals surface area contributed by atoms with E-state index in [9.17, 15) is 0 Å². The number of hydrogen-bond acceptors (Lipinski definition) is 5. The van der Waals surface area contributed by atoms with E-state index in [1.54, 1.807) is 0 Å². The first-order valence-electron chi connectivity index (χ1n) is 5.52. The zero-order chi connectivity index (χ0) is 10.7. The number of rotatable bonds is 4. The van der Waals surface area contributed by atoms with Gasteiger partial charge in [-0.25, -0.2) is 4.68 Å². The number of aryl methyl sites for hydroxylation is 1. The lowest BCUT2D eigenvalue weighted by Gasteiger charge is -2.13. The normalized spacial score (nSPS) is 22.4. The highest BCUT2D eigenvalue weighted by Gasteiger charge is 2.20. The molecule has 0 aromatic carbocycles. The van der Waals surface area contributed by atoms with Gasteiger partial charge in [0.1, 0.15) is 0 Å². The molecule has 0 spiro atoms. The number of nitrogens with zero attached hydrogens (tertiary/aromatic N) is 5. The Labute approximate surface area is 89.4 Å². The average Bonchev–Trinajstić information content (AvgIpc) is 2.78. The van der Waals surface area contributed by atoms with E-state index in [1.165, 1.54) is 0 Å². The number of tetrazole rings is 1. The molecule has 2 N–H and O–H groups in total. The molecule has 1 fully saturated rings. The molecule has 6 heteroatoms. The van der Waals surface area contributed by atoms with Gasteiger partial charge in [0.25, 0.3) is 0 Å². The van der Waals surface area contributed by atoms with E-state index in [1.807, 2.05) is 4.68 Å². The Morgan fingerprint density at radius 3 is 3.07 bits per heavy atom. The fourth-order valence-electron chi connectivity index (χ4n) is 1.93. The van der Waals surface area contributed by atoms with Crippen LogP contribution >= 0.6 is 0 Å². The molecule has 2 rings (SSSR count). The van der Waals surface area contributed by atoms with Crippen molar-refractivity contribution in [2.24, 2.45) is 5.73 Å². The smallest absolute Gasteiger partial charge is 0.165 e. The van der Waals surface area contributed by atoms with Gasteiger partial charge in [-0.1, -0.05) is 6.92 Å². The van der Waals surface area contributed by atoms with Gasteiger partial charge in [0, 0.05) is 25.7 Å². The Morgan fingerprint density at radius 1 is 1.53 bits per heavy atom. The van der Waals surface area contributed by atoms with E-state index >= 15 is 0 Å². The van der Waals surface area contributed by atoms with Crippen LogP contribution in [0.5, 0.6) is 0 Å². The van der Waals surface area contributed by atoms with Gasteiger partial charge in [-0.15, -0.1) is 5.10 Å². The van der Waals surface area contributed by atoms with Crippen LogP contribution in [0.25, 0.3) is 0 Å². The van der Waals surface area contributed by atoms with Crippen LogP contribution in [0.4, 0.5) is 0 Å². The topological polar surface area (TPSA) is 72.9 Å². The first kappa shape index (κ1) is 10.5. The average molecular weight is 210 g/mol. The third-order valence-electron chi connectivity index (χ3n) is 2.72. The quantitative estimate of drug-likeness (QED) is 0.733. The second-order valence-electron chi connectivity index (χ2n) is 4.10. The molecule has 1 aromatic rings. The molecule has 1 atom stereocenters. The summed E-state index contributed by atoms with van der Waals surface area (Å²) >= 11 is 0. The molecule has 0 saturated carbocycles. The summed E-state index contributed by atoms with van der Waals surface area (Å²) in [5, 5.41) is 11.7. The standard InChI is InChI=1S/C9H18N6/c1-2-4-15-9(11-12-13-15)7-14-5-3-8(10)6-14/h8H,2-7,10H2,1H3. The Hall–Kier alpha value is -1.01. The third-order valence-corrected chi connectivity index (χ3v) is 2.72. The SMILES string of the molecule is CCCn1nnnc1CN1CCC(N)C1. The van der Waals surface area contributed by atoms with Gasteiger partial charge in [-0.3, -0.25) is 4.90 Å². The van der Waals surface area contributed by atoms with Crippen LogP contribution in [-0.2, 0) is 13.1 Å². The fraction of sp³-hybridized carbons (Fsp3) is 0.889. The fourth-order valence-corrected chi connectivity index (χ4v) is 1.93. The van der Waals surface area contributed by atoms with E-state index in [-0.39, 0.29) is 0 Å². The summed E-state index contributed by atoms with van der Waals surface area (Å²) in [6.07, 6.45) is 2.13. The maximum atomic E-state index is 5.85. The second-order valence-corrected chi connectivity index (χ2v) is 4.10. The molecule has 15 heavy (non-hydrogen) atoms. The summed E-state index contributed by atoms with van der Waals surface area (Å²) in [6.45, 7) is 5.85. The van der Waals surface area contributed by atoms with E-state index in [0.717, 1.165) is 44.8 Å². The largest absolute Gasteiger partial charge is 0.326 e. The van der Waals surface area contributed by atoms with Crippen LogP contribution in [0, 0.1) is 0 Å². The van der Waals surface area contributed by atoms with Crippen molar-refractivity contribution in [2.45, 2.75) is 38.9 Å². The van der Waals surface area contributed by atoms with Gasteiger partial charge in [0.15, 0.2) is 5.82 Å². The molecule has 84 valence electrons. The Bertz CT molecular complexity index is 309. The van der Waals surface area contributed by atoms with Crippen molar-refractivity contribution < 1.29 is 0 Å². The van der Waals surface area contributed by atoms with Crippen molar-refractivity contribution in [1.29, 1.82) is 0 Å². The highest BCUT2D eigenvalue weighted by molar-refractivity contribution is 4.85. The predicted octanol–water partition coefficient (Wildman–Crippen LogP) is -0.384. The van der Waals surface area contributed by atoms with Gasteiger partial charge in [-0.2, -0.15) is 0 Å². The van der Waals surface area contributed by atoms with Crippen molar-refractivity contribution in [3.05, 3.63) is 5.82 Å². The summed E-state index contributed by atoms with van der Waals surface area (Å²) < 4.78 is 1.88. The van der Waals surface area contributed by atoms with Crippen LogP contribution in [0.2, 0.25) is 0 Å². The van der Waals surface area contributed by atoms with Gasteiger partial charge in [0.2, 0.25) is 0 Å². The molecule has 6 nitrogen and oxygen atoms in total. The molecule has 0 amide bonds. The number of likely N-dealkylation sites (tertiary alicyclic amines) is 1. The first-order chi connectivity index (χ1) is 7.29. The molecule has 1 unspecified atom stereocenters. The van der Waals surface area contributed by atoms with Gasteiger partial charge in [0.05, 0.1) is 6.54 Å². The minimum absolute atomic E-state index is 0.320. The summed E-state index contributed by atoms with van der Waals surface area (Å²) in [4.78, 5) is 2.31. The van der Waals surface area contributed by atoms with Crippen LogP contribution in [0.1, 0.15) is 25.6 Å². The van der Waals surface area contributed by atoms with E-state index < -0.39 is 0 Å². The summed E-state index contributed by atoms with van der Waals surface area (Å²) in [5.74, 6) is 0.950. The van der Waals surface area contributed by atoms with Crippen molar-refractivity contribution in [3.63, 3.8) is 0 Å². The predicted molar refractivity (Wildman–Crippen MR) is 56.0 cm³/mol. The van der Waals surface area contributed by atoms with Crippen LogP contribution in [-0.4, -0.2) is 44.2 Å². The second kappa shape index (κ2) is 4.67. The van der Waals surface area contributed by atoms with Crippen LogP contribution in [0.15, 0.2) is 0 Å². The highest BCUT2D eigenvalue weighted by atomic mass is 15.5. The van der Waals surface area contributed by atoms with Crippen molar-refractivity contribution in [3.8, 4) is 0 Å². The molecular formula is C9H18N6. The van der Waals surface area contributed by atoms with E-state index in [0.29, 0.717) is 6.04 Å². The molecule has 0 bridgehead atoms. The van der Waals surface area contributed by atoms with Crippen molar-refractivity contribution in [2.75, 3.05) is 13.1 Å².